The third-order valence-corrected chi connectivity index (χ3v) is 2.09. The summed E-state index contributed by atoms with van der Waals surface area (Å²) in [7, 11) is 2.37. The van der Waals surface area contributed by atoms with Gasteiger partial charge in [-0.3, -0.25) is 14.4 Å². The Morgan fingerprint density at radius 1 is 1.20 bits per heavy atom. The molecule has 0 bridgehead atoms. The van der Waals surface area contributed by atoms with Crippen molar-refractivity contribution < 1.29 is 14.4 Å². The van der Waals surface area contributed by atoms with Gasteiger partial charge in [0.2, 0.25) is 0 Å². The van der Waals surface area contributed by atoms with Crippen molar-refractivity contribution in [2.75, 3.05) is 0 Å². The van der Waals surface area contributed by atoms with Gasteiger partial charge in [-0.2, -0.15) is 0 Å². The first-order valence-corrected chi connectivity index (χ1v) is 5.33. The Balaban J connectivity index is 3.05. The zero-order chi connectivity index (χ0) is 11.6. The van der Waals surface area contributed by atoms with Gasteiger partial charge in [-0.05, 0) is 20.8 Å². The second-order valence-corrected chi connectivity index (χ2v) is 4.06. The summed E-state index contributed by atoms with van der Waals surface area (Å²) in [5.74, 6) is -1.08. The zero-order valence-electron chi connectivity index (χ0n) is 8.98. The number of allylic oxidation sites excluding steroid dienone is 2. The molecule has 0 aliphatic carbocycles. The van der Waals surface area contributed by atoms with Crippen LogP contribution in [0.15, 0.2) is 23.3 Å². The van der Waals surface area contributed by atoms with Gasteiger partial charge in [-0.1, -0.05) is 12.2 Å². The summed E-state index contributed by atoms with van der Waals surface area (Å²) >= 11 is 0. The van der Waals surface area contributed by atoms with Crippen molar-refractivity contribution in [1.29, 1.82) is 0 Å². The first-order valence-electron chi connectivity index (χ1n) is 4.67. The van der Waals surface area contributed by atoms with Crippen molar-refractivity contribution in [1.82, 2.24) is 5.06 Å². The lowest BCUT2D eigenvalue weighted by Gasteiger charge is -2.14. The van der Waals surface area contributed by atoms with Crippen molar-refractivity contribution in [3.05, 3.63) is 23.3 Å². The average Bonchev–Trinajstić information content (AvgIpc) is 2.40. The van der Waals surface area contributed by atoms with E-state index in [0.717, 1.165) is 5.06 Å². The van der Waals surface area contributed by atoms with Gasteiger partial charge in [0.15, 0.2) is 0 Å². The highest BCUT2D eigenvalue weighted by Crippen LogP contribution is 2.26. The number of hydrogen-bond acceptors (Lipinski definition) is 3. The predicted molar refractivity (Wildman–Crippen MR) is 59.6 cm³/mol. The third kappa shape index (κ3) is 2.16. The molecule has 15 heavy (non-hydrogen) atoms. The lowest BCUT2D eigenvalue weighted by Crippen LogP contribution is -2.31. The van der Waals surface area contributed by atoms with Crippen molar-refractivity contribution in [3.8, 4) is 0 Å². The molecule has 2 atom stereocenters. The fourth-order valence-corrected chi connectivity index (χ4v) is 1.48. The van der Waals surface area contributed by atoms with E-state index in [0.29, 0.717) is 11.1 Å². The molecule has 1 aliphatic rings. The molecule has 0 aromatic rings. The largest absolute Gasteiger partial charge is 0.285 e. The second kappa shape index (κ2) is 4.69. The number of imide groups is 1. The summed E-state index contributed by atoms with van der Waals surface area (Å²) in [5.41, 5.74) is 0.793. The maximum absolute atomic E-state index is 11.7. The molecule has 4 nitrogen and oxygen atoms in total. The van der Waals surface area contributed by atoms with E-state index in [4.69, 9.17) is 4.84 Å². The Morgan fingerprint density at radius 3 is 1.87 bits per heavy atom. The summed E-state index contributed by atoms with van der Waals surface area (Å²) in [6.07, 6.45) is 3.23. The number of carbonyl (C=O) groups is 2. The molecule has 82 valence electrons. The molecule has 0 aromatic heterocycles. The molecule has 2 amide bonds. The first-order chi connectivity index (χ1) is 7.02. The molecular formula is C10H14NO3P. The van der Waals surface area contributed by atoms with Crippen LogP contribution >= 0.6 is 9.24 Å². The van der Waals surface area contributed by atoms with E-state index in [1.807, 2.05) is 0 Å². The minimum atomic E-state index is -0.398. The minimum absolute atomic E-state index is 0.285. The van der Waals surface area contributed by atoms with E-state index in [2.05, 4.69) is 9.24 Å². The van der Waals surface area contributed by atoms with Crippen LogP contribution in [0.2, 0.25) is 0 Å². The van der Waals surface area contributed by atoms with Crippen molar-refractivity contribution >= 4 is 21.1 Å². The Morgan fingerprint density at radius 2 is 1.60 bits per heavy atom. The quantitative estimate of drug-likeness (QED) is 0.407. The fourth-order valence-electron chi connectivity index (χ4n) is 1.36. The standard InChI is InChI=1S/C10H14NO3P/c1-4-7-8(5-2)10(13)11(9(7)12)14-6(3)15/h4-6H,15H2,1-3H3/b7-4+,8-5+. The molecule has 0 aromatic carbocycles. The normalized spacial score (nSPS) is 24.4. The maximum atomic E-state index is 11.7. The number of amides is 2. The highest BCUT2D eigenvalue weighted by molar-refractivity contribution is 7.17. The number of nitrogens with zero attached hydrogens (tertiary/aromatic N) is 1. The van der Waals surface area contributed by atoms with Crippen LogP contribution in [0.5, 0.6) is 0 Å². The maximum Gasteiger partial charge on any atom is 0.285 e. The van der Waals surface area contributed by atoms with Crippen LogP contribution in [0.3, 0.4) is 0 Å². The third-order valence-electron chi connectivity index (χ3n) is 1.97. The molecule has 1 saturated heterocycles. The van der Waals surface area contributed by atoms with Crippen molar-refractivity contribution in [2.24, 2.45) is 0 Å². The van der Waals surface area contributed by atoms with Crippen molar-refractivity contribution in [2.45, 2.75) is 26.6 Å². The van der Waals surface area contributed by atoms with Crippen LogP contribution in [-0.4, -0.2) is 22.7 Å². The number of rotatable bonds is 2. The SMILES string of the molecule is C/C=C1/C(=O)N(OC(C)P)C(=O)/C1=C/C. The molecule has 1 rings (SSSR count). The van der Waals surface area contributed by atoms with Crippen molar-refractivity contribution in [3.63, 3.8) is 0 Å². The molecule has 0 N–H and O–H groups in total. The summed E-state index contributed by atoms with van der Waals surface area (Å²) in [6, 6.07) is 0. The van der Waals surface area contributed by atoms with Gasteiger partial charge in [0.25, 0.3) is 11.8 Å². The van der Waals surface area contributed by atoms with Crippen LogP contribution in [0.25, 0.3) is 0 Å². The molecule has 1 heterocycles. The van der Waals surface area contributed by atoms with Crippen LogP contribution in [-0.2, 0) is 14.4 Å². The van der Waals surface area contributed by atoms with Gasteiger partial charge in [-0.25, -0.2) is 0 Å². The Hall–Kier alpha value is -0.990. The minimum Gasteiger partial charge on any atom is -0.266 e. The summed E-state index contributed by atoms with van der Waals surface area (Å²) in [5, 5.41) is 0.808. The van der Waals surface area contributed by atoms with E-state index in [1.54, 1.807) is 32.9 Å². The number of hydrogen-bond donors (Lipinski definition) is 0. The molecular weight excluding hydrogens is 213 g/mol. The van der Waals surface area contributed by atoms with E-state index in [9.17, 15) is 9.59 Å². The zero-order valence-corrected chi connectivity index (χ0v) is 10.1. The average molecular weight is 227 g/mol. The fraction of sp³-hybridized carbons (Fsp3) is 0.400. The molecule has 5 heteroatoms. The Bertz CT molecular complexity index is 328. The predicted octanol–water partition coefficient (Wildman–Crippen LogP) is 1.40. The van der Waals surface area contributed by atoms with Crippen LogP contribution in [0, 0.1) is 0 Å². The summed E-state index contributed by atoms with van der Waals surface area (Å²) in [4.78, 5) is 28.5. The van der Waals surface area contributed by atoms with Gasteiger partial charge in [0.05, 0.1) is 17.0 Å². The molecule has 1 fully saturated rings. The molecule has 2 unspecified atom stereocenters. The van der Waals surface area contributed by atoms with E-state index in [1.165, 1.54) is 0 Å². The van der Waals surface area contributed by atoms with Gasteiger partial charge in [-0.15, -0.1) is 14.3 Å². The highest BCUT2D eigenvalue weighted by Gasteiger charge is 2.39. The monoisotopic (exact) mass is 227 g/mol. The highest BCUT2D eigenvalue weighted by atomic mass is 31.0. The van der Waals surface area contributed by atoms with E-state index >= 15 is 0 Å². The Kier molecular flexibility index (Phi) is 3.77. The first kappa shape index (κ1) is 12.1. The Labute approximate surface area is 91.1 Å². The summed E-state index contributed by atoms with van der Waals surface area (Å²) in [6.45, 7) is 5.17. The van der Waals surface area contributed by atoms with Gasteiger partial charge >= 0.3 is 0 Å². The summed E-state index contributed by atoms with van der Waals surface area (Å²) < 4.78 is 0. The lowest BCUT2D eigenvalue weighted by atomic mass is 10.1. The number of hydroxylamine groups is 2. The molecule has 0 radical (unpaired) electrons. The van der Waals surface area contributed by atoms with Crippen LogP contribution in [0.1, 0.15) is 20.8 Å². The van der Waals surface area contributed by atoms with E-state index in [-0.39, 0.29) is 5.85 Å². The lowest BCUT2D eigenvalue weighted by molar-refractivity contribution is -0.188. The second-order valence-electron chi connectivity index (χ2n) is 3.12. The van der Waals surface area contributed by atoms with Gasteiger partial charge < -0.3 is 0 Å². The molecule has 1 aliphatic heterocycles. The molecule has 0 saturated carbocycles. The van der Waals surface area contributed by atoms with E-state index < -0.39 is 11.8 Å². The van der Waals surface area contributed by atoms with Gasteiger partial charge in [0, 0.05) is 0 Å². The molecule has 0 spiro atoms. The van der Waals surface area contributed by atoms with Gasteiger partial charge in [0.1, 0.15) is 0 Å². The smallest absolute Gasteiger partial charge is 0.266 e. The van der Waals surface area contributed by atoms with Crippen LogP contribution < -0.4 is 0 Å². The van der Waals surface area contributed by atoms with Crippen LogP contribution in [0.4, 0.5) is 0 Å². The number of carbonyl (C=O) groups excluding carboxylic acids is 2. The topological polar surface area (TPSA) is 46.6 Å².